The number of nitrogens with one attached hydrogen (secondary N) is 1. The highest BCUT2D eigenvalue weighted by molar-refractivity contribution is 6.03. The lowest BCUT2D eigenvalue weighted by molar-refractivity contribution is -0.137. The third kappa shape index (κ3) is 4.56. The first-order valence-corrected chi connectivity index (χ1v) is 8.55. The number of piperazine rings is 1. The van der Waals surface area contributed by atoms with Crippen LogP contribution in [0.25, 0.3) is 0 Å². The Hall–Kier alpha value is -3.17. The predicted molar refractivity (Wildman–Crippen MR) is 96.0 cm³/mol. The fourth-order valence-electron chi connectivity index (χ4n) is 2.78. The molecule has 0 atom stereocenters. The second kappa shape index (κ2) is 7.83. The van der Waals surface area contributed by atoms with Crippen LogP contribution in [0.15, 0.2) is 30.3 Å². The Labute approximate surface area is 159 Å². The van der Waals surface area contributed by atoms with E-state index >= 15 is 0 Å². The van der Waals surface area contributed by atoms with Gasteiger partial charge >= 0.3 is 6.18 Å². The van der Waals surface area contributed by atoms with Gasteiger partial charge in [-0.15, -0.1) is 0 Å². The van der Waals surface area contributed by atoms with Gasteiger partial charge in [-0.2, -0.15) is 13.2 Å². The van der Waals surface area contributed by atoms with Crippen LogP contribution < -0.4 is 10.2 Å². The van der Waals surface area contributed by atoms with E-state index in [1.54, 1.807) is 11.8 Å². The number of aromatic nitrogens is 2. The van der Waals surface area contributed by atoms with Crippen molar-refractivity contribution in [1.29, 1.82) is 0 Å². The molecule has 1 aromatic heterocycles. The Balaban J connectivity index is 1.73. The Morgan fingerprint density at radius 2 is 1.75 bits per heavy atom. The molecule has 1 aliphatic rings. The minimum absolute atomic E-state index is 0.111. The quantitative estimate of drug-likeness (QED) is 0.807. The zero-order valence-corrected chi connectivity index (χ0v) is 15.0. The van der Waals surface area contributed by atoms with Crippen molar-refractivity contribution in [1.82, 2.24) is 14.9 Å². The van der Waals surface area contributed by atoms with Crippen LogP contribution in [0.4, 0.5) is 24.8 Å². The molecule has 148 valence electrons. The van der Waals surface area contributed by atoms with Gasteiger partial charge in [-0.1, -0.05) is 0 Å². The summed E-state index contributed by atoms with van der Waals surface area (Å²) in [6, 6.07) is 5.69. The molecule has 1 fully saturated rings. The number of carbonyl (C=O) groups excluding carboxylic acids is 2. The molecule has 1 saturated heterocycles. The number of anilines is 2. The van der Waals surface area contributed by atoms with Crippen LogP contribution in [0.5, 0.6) is 0 Å². The number of carbonyl (C=O) groups is 2. The van der Waals surface area contributed by atoms with Crippen molar-refractivity contribution in [2.45, 2.75) is 13.1 Å². The Morgan fingerprint density at radius 1 is 1.11 bits per heavy atom. The lowest BCUT2D eigenvalue weighted by atomic mass is 10.2. The maximum atomic E-state index is 12.6. The van der Waals surface area contributed by atoms with Crippen molar-refractivity contribution < 1.29 is 22.8 Å². The first kappa shape index (κ1) is 19.6. The molecule has 7 nitrogen and oxygen atoms in total. The molecular weight excluding hydrogens is 375 g/mol. The Kier molecular flexibility index (Phi) is 5.48. The highest BCUT2D eigenvalue weighted by atomic mass is 19.4. The van der Waals surface area contributed by atoms with Gasteiger partial charge in [0.2, 0.25) is 12.4 Å². The van der Waals surface area contributed by atoms with E-state index in [2.05, 4.69) is 15.3 Å². The van der Waals surface area contributed by atoms with Crippen LogP contribution in [-0.4, -0.2) is 53.4 Å². The van der Waals surface area contributed by atoms with Crippen molar-refractivity contribution in [3.8, 4) is 0 Å². The summed E-state index contributed by atoms with van der Waals surface area (Å²) in [6.07, 6.45) is -3.65. The van der Waals surface area contributed by atoms with Crippen molar-refractivity contribution in [2.24, 2.45) is 0 Å². The normalized spacial score (nSPS) is 14.7. The van der Waals surface area contributed by atoms with Gasteiger partial charge in [0.1, 0.15) is 5.69 Å². The topological polar surface area (TPSA) is 78.4 Å². The van der Waals surface area contributed by atoms with E-state index in [1.807, 2.05) is 4.90 Å². The summed E-state index contributed by atoms with van der Waals surface area (Å²) < 4.78 is 37.9. The molecule has 2 amide bonds. The first-order chi connectivity index (χ1) is 13.3. The van der Waals surface area contributed by atoms with Gasteiger partial charge < -0.3 is 15.1 Å². The zero-order valence-electron chi connectivity index (χ0n) is 15.0. The third-order valence-electron chi connectivity index (χ3n) is 4.29. The second-order valence-electron chi connectivity index (χ2n) is 6.35. The second-order valence-corrected chi connectivity index (χ2v) is 6.35. The molecule has 0 spiro atoms. The van der Waals surface area contributed by atoms with E-state index in [0.717, 1.165) is 18.5 Å². The number of amides is 2. The molecule has 0 aliphatic carbocycles. The van der Waals surface area contributed by atoms with Gasteiger partial charge in [0, 0.05) is 37.6 Å². The maximum Gasteiger partial charge on any atom is 0.416 e. The monoisotopic (exact) mass is 393 g/mol. The van der Waals surface area contributed by atoms with Crippen molar-refractivity contribution in [3.63, 3.8) is 0 Å². The average molecular weight is 393 g/mol. The molecule has 1 N–H and O–H groups in total. The summed E-state index contributed by atoms with van der Waals surface area (Å²) in [5.41, 5.74) is 0.135. The molecular formula is C18H18F3N5O2. The first-order valence-electron chi connectivity index (χ1n) is 8.55. The van der Waals surface area contributed by atoms with E-state index in [9.17, 15) is 22.8 Å². The molecule has 0 bridgehead atoms. The Morgan fingerprint density at radius 3 is 2.32 bits per heavy atom. The number of hydrogen-bond donors (Lipinski definition) is 1. The molecule has 1 aliphatic heterocycles. The van der Waals surface area contributed by atoms with E-state index in [1.165, 1.54) is 18.2 Å². The van der Waals surface area contributed by atoms with Crippen LogP contribution in [0.2, 0.25) is 0 Å². The summed E-state index contributed by atoms with van der Waals surface area (Å²) in [5.74, 6) is -0.166. The number of rotatable bonds is 4. The molecule has 0 saturated carbocycles. The van der Waals surface area contributed by atoms with Crippen LogP contribution in [0.3, 0.4) is 0 Å². The van der Waals surface area contributed by atoms with Crippen LogP contribution in [-0.2, 0) is 11.0 Å². The summed E-state index contributed by atoms with van der Waals surface area (Å²) in [5, 5.41) is 2.54. The number of benzene rings is 1. The van der Waals surface area contributed by atoms with Gasteiger partial charge in [0.25, 0.3) is 5.91 Å². The Bertz CT molecular complexity index is 863. The van der Waals surface area contributed by atoms with Gasteiger partial charge in [-0.3, -0.25) is 9.59 Å². The largest absolute Gasteiger partial charge is 0.416 e. The van der Waals surface area contributed by atoms with Crippen molar-refractivity contribution in [2.75, 3.05) is 36.4 Å². The fraction of sp³-hybridized carbons (Fsp3) is 0.333. The van der Waals surface area contributed by atoms with Crippen molar-refractivity contribution >= 4 is 24.0 Å². The maximum absolute atomic E-state index is 12.6. The average Bonchev–Trinajstić information content (AvgIpc) is 2.67. The van der Waals surface area contributed by atoms with Crippen LogP contribution in [0.1, 0.15) is 21.7 Å². The highest BCUT2D eigenvalue weighted by Gasteiger charge is 2.30. The highest BCUT2D eigenvalue weighted by Crippen LogP contribution is 2.29. The van der Waals surface area contributed by atoms with E-state index < -0.39 is 17.6 Å². The third-order valence-corrected chi connectivity index (χ3v) is 4.29. The SMILES string of the molecule is Cc1cc(C(=O)Nc2ccc(C(F)(F)F)cc2)nc(N2CCN(C=O)CC2)n1. The minimum atomic E-state index is -4.44. The number of aryl methyl sites for hydroxylation is 1. The summed E-state index contributed by atoms with van der Waals surface area (Å²) in [6.45, 7) is 3.88. The molecule has 3 rings (SSSR count). The number of nitrogens with zero attached hydrogens (tertiary/aromatic N) is 4. The number of hydrogen-bond acceptors (Lipinski definition) is 5. The minimum Gasteiger partial charge on any atom is -0.342 e. The van der Waals surface area contributed by atoms with Crippen LogP contribution in [0, 0.1) is 6.92 Å². The van der Waals surface area contributed by atoms with Crippen molar-refractivity contribution in [3.05, 3.63) is 47.3 Å². The van der Waals surface area contributed by atoms with Crippen LogP contribution >= 0.6 is 0 Å². The number of halogens is 3. The van der Waals surface area contributed by atoms with E-state index in [-0.39, 0.29) is 11.4 Å². The summed E-state index contributed by atoms with van der Waals surface area (Å²) >= 11 is 0. The zero-order chi connectivity index (χ0) is 20.3. The lowest BCUT2D eigenvalue weighted by Gasteiger charge is -2.32. The molecule has 2 aromatic rings. The fourth-order valence-corrected chi connectivity index (χ4v) is 2.78. The summed E-state index contributed by atoms with van der Waals surface area (Å²) in [7, 11) is 0. The molecule has 10 heteroatoms. The smallest absolute Gasteiger partial charge is 0.342 e. The van der Waals surface area contributed by atoms with E-state index in [4.69, 9.17) is 0 Å². The van der Waals surface area contributed by atoms with Gasteiger partial charge in [-0.05, 0) is 37.3 Å². The summed E-state index contributed by atoms with van der Waals surface area (Å²) in [4.78, 5) is 35.4. The molecule has 1 aromatic carbocycles. The molecule has 28 heavy (non-hydrogen) atoms. The standard InChI is InChI=1S/C18H18F3N5O2/c1-12-10-15(24-17(22-12)26-8-6-25(11-27)7-9-26)16(28)23-14-4-2-13(3-5-14)18(19,20)21/h2-5,10-11H,6-9H2,1H3,(H,23,28). The van der Waals surface area contributed by atoms with E-state index in [0.29, 0.717) is 37.8 Å². The molecule has 2 heterocycles. The van der Waals surface area contributed by atoms with Gasteiger partial charge in [0.15, 0.2) is 0 Å². The lowest BCUT2D eigenvalue weighted by Crippen LogP contribution is -2.46. The van der Waals surface area contributed by atoms with Gasteiger partial charge in [0.05, 0.1) is 5.56 Å². The molecule has 0 radical (unpaired) electrons. The van der Waals surface area contributed by atoms with Gasteiger partial charge in [-0.25, -0.2) is 9.97 Å². The molecule has 0 unspecified atom stereocenters. The predicted octanol–water partition coefficient (Wildman–Crippen LogP) is 2.33. The number of alkyl halides is 3.